The van der Waals surface area contributed by atoms with E-state index in [2.05, 4.69) is 15.1 Å². The number of rotatable bonds is 5. The van der Waals surface area contributed by atoms with E-state index in [0.29, 0.717) is 17.4 Å². The lowest BCUT2D eigenvalue weighted by atomic mass is 9.96. The SMILES string of the molecule is COC(=O)c1ccc(CN2CCC(c3nnc(C4CC4)o3)CC2)cc1. The molecule has 0 atom stereocenters. The van der Waals surface area contributed by atoms with Gasteiger partial charge in [-0.1, -0.05) is 12.1 Å². The van der Waals surface area contributed by atoms with Gasteiger partial charge in [0, 0.05) is 18.4 Å². The summed E-state index contributed by atoms with van der Waals surface area (Å²) < 4.78 is 10.6. The lowest BCUT2D eigenvalue weighted by molar-refractivity contribution is 0.0600. The number of hydrogen-bond donors (Lipinski definition) is 0. The minimum absolute atomic E-state index is 0.294. The molecular formula is C19H23N3O3. The van der Waals surface area contributed by atoms with E-state index in [1.54, 1.807) is 0 Å². The van der Waals surface area contributed by atoms with Crippen molar-refractivity contribution in [3.05, 3.63) is 47.2 Å². The monoisotopic (exact) mass is 341 g/mol. The average molecular weight is 341 g/mol. The van der Waals surface area contributed by atoms with E-state index in [-0.39, 0.29) is 5.97 Å². The molecule has 0 amide bonds. The number of carbonyl (C=O) groups is 1. The number of piperidine rings is 1. The predicted molar refractivity (Wildman–Crippen MR) is 91.3 cm³/mol. The first-order chi connectivity index (χ1) is 12.2. The van der Waals surface area contributed by atoms with Crippen LogP contribution in [-0.4, -0.2) is 41.3 Å². The third kappa shape index (κ3) is 3.74. The molecule has 2 aromatic rings. The van der Waals surface area contributed by atoms with Gasteiger partial charge in [-0.05, 0) is 56.5 Å². The molecule has 25 heavy (non-hydrogen) atoms. The lowest BCUT2D eigenvalue weighted by Crippen LogP contribution is -2.32. The summed E-state index contributed by atoms with van der Waals surface area (Å²) in [6.07, 6.45) is 4.47. The van der Waals surface area contributed by atoms with Gasteiger partial charge >= 0.3 is 5.97 Å². The summed E-state index contributed by atoms with van der Waals surface area (Å²) in [6.45, 7) is 2.93. The minimum Gasteiger partial charge on any atom is -0.465 e. The molecule has 2 heterocycles. The molecule has 0 spiro atoms. The molecule has 6 heteroatoms. The Kier molecular flexibility index (Phi) is 4.53. The highest BCUT2D eigenvalue weighted by Gasteiger charge is 2.31. The minimum atomic E-state index is -0.294. The first-order valence-corrected chi connectivity index (χ1v) is 8.96. The smallest absolute Gasteiger partial charge is 0.337 e. The van der Waals surface area contributed by atoms with Crippen molar-refractivity contribution < 1.29 is 13.9 Å². The van der Waals surface area contributed by atoms with Crippen LogP contribution in [0.2, 0.25) is 0 Å². The third-order valence-electron chi connectivity index (χ3n) is 5.10. The zero-order valence-corrected chi connectivity index (χ0v) is 14.5. The molecule has 4 rings (SSSR count). The summed E-state index contributed by atoms with van der Waals surface area (Å²) >= 11 is 0. The normalized spacial score (nSPS) is 19.1. The van der Waals surface area contributed by atoms with Gasteiger partial charge in [-0.15, -0.1) is 10.2 Å². The van der Waals surface area contributed by atoms with Crippen LogP contribution in [0, 0.1) is 0 Å². The summed E-state index contributed by atoms with van der Waals surface area (Å²) in [6, 6.07) is 7.65. The molecule has 1 saturated carbocycles. The van der Waals surface area contributed by atoms with Crippen LogP contribution in [0.15, 0.2) is 28.7 Å². The fraction of sp³-hybridized carbons (Fsp3) is 0.526. The molecule has 1 aliphatic carbocycles. The van der Waals surface area contributed by atoms with E-state index >= 15 is 0 Å². The molecule has 1 aliphatic heterocycles. The van der Waals surface area contributed by atoms with E-state index in [1.165, 1.54) is 25.5 Å². The second-order valence-electron chi connectivity index (χ2n) is 6.99. The fourth-order valence-corrected chi connectivity index (χ4v) is 3.37. The molecular weight excluding hydrogens is 318 g/mol. The van der Waals surface area contributed by atoms with Crippen LogP contribution in [0.5, 0.6) is 0 Å². The largest absolute Gasteiger partial charge is 0.465 e. The van der Waals surface area contributed by atoms with Crippen LogP contribution in [0.3, 0.4) is 0 Å². The molecule has 6 nitrogen and oxygen atoms in total. The molecule has 1 aromatic carbocycles. The molecule has 0 radical (unpaired) electrons. The van der Waals surface area contributed by atoms with E-state index < -0.39 is 0 Å². The number of hydrogen-bond acceptors (Lipinski definition) is 6. The molecule has 0 unspecified atom stereocenters. The van der Waals surface area contributed by atoms with Crippen molar-refractivity contribution in [1.29, 1.82) is 0 Å². The van der Waals surface area contributed by atoms with Crippen LogP contribution in [-0.2, 0) is 11.3 Å². The van der Waals surface area contributed by atoms with Gasteiger partial charge in [0.25, 0.3) is 0 Å². The maximum Gasteiger partial charge on any atom is 0.337 e. The maximum atomic E-state index is 11.5. The number of likely N-dealkylation sites (tertiary alicyclic amines) is 1. The first-order valence-electron chi connectivity index (χ1n) is 8.96. The topological polar surface area (TPSA) is 68.5 Å². The van der Waals surface area contributed by atoms with E-state index in [1.807, 2.05) is 24.3 Å². The van der Waals surface area contributed by atoms with Crippen LogP contribution < -0.4 is 0 Å². The standard InChI is InChI=1S/C19H23N3O3/c1-24-19(23)16-4-2-13(3-5-16)12-22-10-8-15(9-11-22)18-21-20-17(25-18)14-6-7-14/h2-5,14-15H,6-12H2,1H3. The number of esters is 1. The molecule has 2 aliphatic rings. The second kappa shape index (κ2) is 6.96. The summed E-state index contributed by atoms with van der Waals surface area (Å²) in [4.78, 5) is 13.9. The summed E-state index contributed by atoms with van der Waals surface area (Å²) in [5.74, 6) is 2.27. The zero-order valence-electron chi connectivity index (χ0n) is 14.5. The average Bonchev–Trinajstić information content (AvgIpc) is 3.39. The van der Waals surface area contributed by atoms with Crippen molar-refractivity contribution in [3.8, 4) is 0 Å². The number of nitrogens with zero attached hydrogens (tertiary/aromatic N) is 3. The number of benzene rings is 1. The van der Waals surface area contributed by atoms with Crippen LogP contribution >= 0.6 is 0 Å². The van der Waals surface area contributed by atoms with Gasteiger partial charge in [-0.25, -0.2) is 4.79 Å². The van der Waals surface area contributed by atoms with Gasteiger partial charge in [0.1, 0.15) is 0 Å². The van der Waals surface area contributed by atoms with E-state index in [4.69, 9.17) is 9.15 Å². The Morgan fingerprint density at radius 2 is 1.68 bits per heavy atom. The van der Waals surface area contributed by atoms with Gasteiger partial charge in [0.2, 0.25) is 11.8 Å². The van der Waals surface area contributed by atoms with Crippen molar-refractivity contribution in [2.75, 3.05) is 20.2 Å². The Morgan fingerprint density at radius 1 is 1.08 bits per heavy atom. The Labute approximate surface area is 147 Å². The van der Waals surface area contributed by atoms with Crippen molar-refractivity contribution in [1.82, 2.24) is 15.1 Å². The Hall–Kier alpha value is -2.21. The predicted octanol–water partition coefficient (Wildman–Crippen LogP) is 3.11. The van der Waals surface area contributed by atoms with Crippen molar-refractivity contribution >= 4 is 5.97 Å². The highest BCUT2D eigenvalue weighted by atomic mass is 16.5. The van der Waals surface area contributed by atoms with Crippen molar-refractivity contribution in [2.45, 2.75) is 44.1 Å². The highest BCUT2D eigenvalue weighted by molar-refractivity contribution is 5.89. The summed E-state index contributed by atoms with van der Waals surface area (Å²) in [5.41, 5.74) is 1.80. The Bertz CT molecular complexity index is 729. The molecule has 2 fully saturated rings. The number of methoxy groups -OCH3 is 1. The van der Waals surface area contributed by atoms with Crippen LogP contribution in [0.1, 0.15) is 65.2 Å². The molecule has 0 N–H and O–H groups in total. The molecule has 132 valence electrons. The van der Waals surface area contributed by atoms with Gasteiger partial charge in [-0.3, -0.25) is 4.90 Å². The number of aromatic nitrogens is 2. The summed E-state index contributed by atoms with van der Waals surface area (Å²) in [5, 5.41) is 8.47. The lowest BCUT2D eigenvalue weighted by Gasteiger charge is -2.30. The molecule has 0 bridgehead atoms. The first kappa shape index (κ1) is 16.3. The second-order valence-corrected chi connectivity index (χ2v) is 6.99. The number of carbonyl (C=O) groups excluding carboxylic acids is 1. The van der Waals surface area contributed by atoms with E-state index in [9.17, 15) is 4.79 Å². The zero-order chi connectivity index (χ0) is 17.2. The van der Waals surface area contributed by atoms with Gasteiger partial charge in [-0.2, -0.15) is 0 Å². The van der Waals surface area contributed by atoms with Crippen molar-refractivity contribution in [2.24, 2.45) is 0 Å². The quantitative estimate of drug-likeness (QED) is 0.779. The van der Waals surface area contributed by atoms with Crippen LogP contribution in [0.25, 0.3) is 0 Å². The third-order valence-corrected chi connectivity index (χ3v) is 5.10. The van der Waals surface area contributed by atoms with Gasteiger partial charge < -0.3 is 9.15 Å². The fourth-order valence-electron chi connectivity index (χ4n) is 3.37. The maximum absolute atomic E-state index is 11.5. The van der Waals surface area contributed by atoms with Crippen molar-refractivity contribution in [3.63, 3.8) is 0 Å². The number of ether oxygens (including phenoxy) is 1. The van der Waals surface area contributed by atoms with E-state index in [0.717, 1.165) is 44.3 Å². The van der Waals surface area contributed by atoms with Gasteiger partial charge in [0.15, 0.2) is 0 Å². The molecule has 1 saturated heterocycles. The molecule has 1 aromatic heterocycles. The van der Waals surface area contributed by atoms with Gasteiger partial charge in [0.05, 0.1) is 12.7 Å². The van der Waals surface area contributed by atoms with Crippen LogP contribution in [0.4, 0.5) is 0 Å². The summed E-state index contributed by atoms with van der Waals surface area (Å²) in [7, 11) is 1.40. The Morgan fingerprint density at radius 3 is 2.24 bits per heavy atom. The highest BCUT2D eigenvalue weighted by Crippen LogP contribution is 2.40. The Balaban J connectivity index is 1.30.